The Morgan fingerprint density at radius 2 is 2.00 bits per heavy atom. The zero-order chi connectivity index (χ0) is 15.7. The second-order valence-corrected chi connectivity index (χ2v) is 6.01. The summed E-state index contributed by atoms with van der Waals surface area (Å²) in [4.78, 5) is 4.63. The molecule has 1 heterocycles. The topological polar surface area (TPSA) is 52.0 Å². The maximum atomic E-state index is 5.98. The summed E-state index contributed by atoms with van der Waals surface area (Å²) >= 11 is 0. The second kappa shape index (κ2) is 5.84. The molecule has 0 aliphatic heterocycles. The number of benzene rings is 2. The highest BCUT2D eigenvalue weighted by atomic mass is 16.3. The van der Waals surface area contributed by atoms with Gasteiger partial charge in [-0.05, 0) is 54.7 Å². The van der Waals surface area contributed by atoms with Gasteiger partial charge >= 0.3 is 0 Å². The fourth-order valence-corrected chi connectivity index (χ4v) is 2.75. The predicted molar refractivity (Wildman–Crippen MR) is 91.9 cm³/mol. The molecule has 0 aliphatic rings. The third kappa shape index (κ3) is 2.71. The summed E-state index contributed by atoms with van der Waals surface area (Å²) < 4.78 is 5.88. The third-order valence-corrected chi connectivity index (χ3v) is 4.23. The summed E-state index contributed by atoms with van der Waals surface area (Å²) in [5, 5.41) is 0. The van der Waals surface area contributed by atoms with Gasteiger partial charge in [-0.1, -0.05) is 32.4 Å². The Morgan fingerprint density at radius 3 is 2.73 bits per heavy atom. The Balaban J connectivity index is 2.00. The van der Waals surface area contributed by atoms with Gasteiger partial charge in [0, 0.05) is 11.3 Å². The molecule has 0 saturated heterocycles. The highest BCUT2D eigenvalue weighted by Gasteiger charge is 2.12. The van der Waals surface area contributed by atoms with Crippen molar-refractivity contribution < 1.29 is 4.42 Å². The largest absolute Gasteiger partial charge is 0.436 e. The maximum absolute atomic E-state index is 5.98. The van der Waals surface area contributed by atoms with Gasteiger partial charge in [-0.15, -0.1) is 0 Å². The molecule has 3 heteroatoms. The molecule has 114 valence electrons. The Labute approximate surface area is 131 Å². The van der Waals surface area contributed by atoms with Crippen molar-refractivity contribution in [3.8, 4) is 11.5 Å². The Kier molecular flexibility index (Phi) is 3.88. The van der Waals surface area contributed by atoms with Crippen molar-refractivity contribution in [1.29, 1.82) is 0 Å². The van der Waals surface area contributed by atoms with Crippen molar-refractivity contribution in [1.82, 2.24) is 4.98 Å². The molecule has 3 aromatic rings. The first-order chi connectivity index (χ1) is 10.6. The van der Waals surface area contributed by atoms with Gasteiger partial charge in [0.15, 0.2) is 5.58 Å². The lowest BCUT2D eigenvalue weighted by atomic mass is 9.96. The van der Waals surface area contributed by atoms with Gasteiger partial charge in [-0.2, -0.15) is 0 Å². The minimum atomic E-state index is 0.546. The van der Waals surface area contributed by atoms with Crippen LogP contribution in [-0.4, -0.2) is 4.98 Å². The van der Waals surface area contributed by atoms with E-state index in [1.807, 2.05) is 31.2 Å². The molecular formula is C19H22N2O. The molecule has 1 atom stereocenters. The van der Waals surface area contributed by atoms with Crippen LogP contribution in [0, 0.1) is 6.92 Å². The van der Waals surface area contributed by atoms with Gasteiger partial charge in [0.25, 0.3) is 0 Å². The van der Waals surface area contributed by atoms with E-state index in [2.05, 4.69) is 31.0 Å². The van der Waals surface area contributed by atoms with E-state index in [4.69, 9.17) is 10.2 Å². The first-order valence-electron chi connectivity index (χ1n) is 7.85. The number of hydrogen-bond acceptors (Lipinski definition) is 3. The van der Waals surface area contributed by atoms with Crippen LogP contribution in [0.25, 0.3) is 22.6 Å². The van der Waals surface area contributed by atoms with Gasteiger partial charge < -0.3 is 10.2 Å². The summed E-state index contributed by atoms with van der Waals surface area (Å²) in [5.41, 5.74) is 11.8. The molecule has 1 aromatic heterocycles. The van der Waals surface area contributed by atoms with E-state index < -0.39 is 0 Å². The number of hydrogen-bond donors (Lipinski definition) is 1. The molecule has 3 rings (SSSR count). The van der Waals surface area contributed by atoms with Crippen molar-refractivity contribution in [2.24, 2.45) is 0 Å². The molecule has 0 radical (unpaired) electrons. The molecule has 1 unspecified atom stereocenters. The van der Waals surface area contributed by atoms with E-state index in [0.717, 1.165) is 27.9 Å². The van der Waals surface area contributed by atoms with Crippen LogP contribution in [0.4, 0.5) is 5.69 Å². The average Bonchev–Trinajstić information content (AvgIpc) is 2.93. The summed E-state index contributed by atoms with van der Waals surface area (Å²) in [6.07, 6.45) is 2.37. The van der Waals surface area contributed by atoms with Crippen LogP contribution in [0.5, 0.6) is 0 Å². The lowest BCUT2D eigenvalue weighted by Crippen LogP contribution is -1.92. The molecule has 0 bridgehead atoms. The van der Waals surface area contributed by atoms with Crippen LogP contribution in [0.1, 0.15) is 43.7 Å². The number of nitrogens with zero attached hydrogens (tertiary/aromatic N) is 1. The average molecular weight is 294 g/mol. The molecule has 0 aliphatic carbocycles. The van der Waals surface area contributed by atoms with E-state index in [0.29, 0.717) is 11.8 Å². The van der Waals surface area contributed by atoms with Crippen LogP contribution >= 0.6 is 0 Å². The minimum Gasteiger partial charge on any atom is -0.436 e. The number of nitrogens with two attached hydrogens (primary N) is 1. The van der Waals surface area contributed by atoms with E-state index in [9.17, 15) is 0 Å². The lowest BCUT2D eigenvalue weighted by molar-refractivity contribution is 0.619. The first kappa shape index (κ1) is 14.6. The third-order valence-electron chi connectivity index (χ3n) is 4.23. The van der Waals surface area contributed by atoms with Crippen LogP contribution in [-0.2, 0) is 0 Å². The number of rotatable bonds is 4. The van der Waals surface area contributed by atoms with Gasteiger partial charge in [-0.3, -0.25) is 0 Å². The van der Waals surface area contributed by atoms with E-state index >= 15 is 0 Å². The van der Waals surface area contributed by atoms with Crippen LogP contribution in [0.2, 0.25) is 0 Å². The van der Waals surface area contributed by atoms with Crippen molar-refractivity contribution >= 4 is 16.8 Å². The number of oxazole rings is 1. The van der Waals surface area contributed by atoms with E-state index in [-0.39, 0.29) is 0 Å². The summed E-state index contributed by atoms with van der Waals surface area (Å²) in [6, 6.07) is 12.2. The summed E-state index contributed by atoms with van der Waals surface area (Å²) in [6.45, 7) is 6.46. The maximum Gasteiger partial charge on any atom is 0.227 e. The highest BCUT2D eigenvalue weighted by Crippen LogP contribution is 2.29. The monoisotopic (exact) mass is 294 g/mol. The molecular weight excluding hydrogens is 272 g/mol. The number of nitrogen functional groups attached to an aromatic ring is 1. The standard InChI is InChI=1S/C19H22N2O/c1-4-5-12(2)14-8-9-18-17(11-14)21-19(22-18)15-7-6-13(3)16(20)10-15/h6-12H,4-5,20H2,1-3H3. The fraction of sp³-hybridized carbons (Fsp3) is 0.316. The predicted octanol–water partition coefficient (Wildman–Crippen LogP) is 5.29. The molecule has 2 N–H and O–H groups in total. The fourth-order valence-electron chi connectivity index (χ4n) is 2.75. The van der Waals surface area contributed by atoms with E-state index in [1.165, 1.54) is 18.4 Å². The smallest absolute Gasteiger partial charge is 0.227 e. The molecule has 0 saturated carbocycles. The van der Waals surface area contributed by atoms with Crippen molar-refractivity contribution in [2.75, 3.05) is 5.73 Å². The Hall–Kier alpha value is -2.29. The summed E-state index contributed by atoms with van der Waals surface area (Å²) in [7, 11) is 0. The van der Waals surface area contributed by atoms with Crippen molar-refractivity contribution in [3.63, 3.8) is 0 Å². The second-order valence-electron chi connectivity index (χ2n) is 6.01. The molecule has 2 aromatic carbocycles. The van der Waals surface area contributed by atoms with Gasteiger partial charge in [0.2, 0.25) is 5.89 Å². The summed E-state index contributed by atoms with van der Waals surface area (Å²) in [5.74, 6) is 1.17. The van der Waals surface area contributed by atoms with Gasteiger partial charge in [0.1, 0.15) is 5.52 Å². The number of aryl methyl sites for hydroxylation is 1. The number of aromatic nitrogens is 1. The van der Waals surface area contributed by atoms with Gasteiger partial charge in [-0.25, -0.2) is 4.98 Å². The molecule has 0 fully saturated rings. The molecule has 22 heavy (non-hydrogen) atoms. The first-order valence-corrected chi connectivity index (χ1v) is 7.85. The Bertz CT molecular complexity index is 804. The highest BCUT2D eigenvalue weighted by molar-refractivity contribution is 5.77. The normalized spacial score (nSPS) is 12.7. The zero-order valence-electron chi connectivity index (χ0n) is 13.4. The van der Waals surface area contributed by atoms with Gasteiger partial charge in [0.05, 0.1) is 0 Å². The Morgan fingerprint density at radius 1 is 1.18 bits per heavy atom. The van der Waals surface area contributed by atoms with Crippen LogP contribution < -0.4 is 5.73 Å². The quantitative estimate of drug-likeness (QED) is 0.665. The molecule has 3 nitrogen and oxygen atoms in total. The molecule has 0 amide bonds. The van der Waals surface area contributed by atoms with E-state index in [1.54, 1.807) is 0 Å². The lowest BCUT2D eigenvalue weighted by Gasteiger charge is -2.09. The number of fused-ring (bicyclic) bond motifs is 1. The van der Waals surface area contributed by atoms with Crippen LogP contribution in [0.15, 0.2) is 40.8 Å². The molecule has 0 spiro atoms. The minimum absolute atomic E-state index is 0.546. The van der Waals surface area contributed by atoms with Crippen molar-refractivity contribution in [2.45, 2.75) is 39.5 Å². The number of anilines is 1. The SMILES string of the molecule is CCCC(C)c1ccc2oc(-c3ccc(C)c(N)c3)nc2c1. The van der Waals surface area contributed by atoms with Crippen LogP contribution in [0.3, 0.4) is 0 Å². The van der Waals surface area contributed by atoms with Crippen molar-refractivity contribution in [3.05, 3.63) is 47.5 Å². The zero-order valence-corrected chi connectivity index (χ0v) is 13.4.